The van der Waals surface area contributed by atoms with Gasteiger partial charge in [0.1, 0.15) is 0 Å². The van der Waals surface area contributed by atoms with Gasteiger partial charge in [-0.25, -0.2) is 10.8 Å². The molecule has 0 aromatic carbocycles. The van der Waals surface area contributed by atoms with Crippen LogP contribution in [0.2, 0.25) is 0 Å². The van der Waals surface area contributed by atoms with Gasteiger partial charge >= 0.3 is 0 Å². The summed E-state index contributed by atoms with van der Waals surface area (Å²) in [5.74, 6) is 6.16. The summed E-state index contributed by atoms with van der Waals surface area (Å²) in [7, 11) is 0. The first-order valence-corrected chi connectivity index (χ1v) is 6.07. The maximum atomic E-state index is 5.41. The van der Waals surface area contributed by atoms with E-state index in [1.807, 2.05) is 0 Å². The van der Waals surface area contributed by atoms with Crippen LogP contribution in [0, 0.1) is 0 Å². The van der Waals surface area contributed by atoms with Crippen LogP contribution < -0.4 is 16.6 Å². The SMILES string of the molecule is CCCCCC(C)NC(=NC1CC1)NN. The van der Waals surface area contributed by atoms with E-state index >= 15 is 0 Å². The van der Waals surface area contributed by atoms with E-state index in [0.717, 1.165) is 5.96 Å². The number of hydrogen-bond acceptors (Lipinski definition) is 2. The molecule has 1 fully saturated rings. The highest BCUT2D eigenvalue weighted by atomic mass is 15.3. The van der Waals surface area contributed by atoms with E-state index in [1.54, 1.807) is 0 Å². The first-order valence-electron chi connectivity index (χ1n) is 6.07. The van der Waals surface area contributed by atoms with E-state index < -0.39 is 0 Å². The summed E-state index contributed by atoms with van der Waals surface area (Å²) in [6.45, 7) is 4.40. The zero-order chi connectivity index (χ0) is 11.1. The lowest BCUT2D eigenvalue weighted by atomic mass is 10.1. The number of nitrogens with one attached hydrogen (secondary N) is 2. The summed E-state index contributed by atoms with van der Waals surface area (Å²) < 4.78 is 0. The number of unbranched alkanes of at least 4 members (excludes halogenated alkanes) is 2. The number of rotatable bonds is 6. The highest BCUT2D eigenvalue weighted by molar-refractivity contribution is 5.79. The van der Waals surface area contributed by atoms with Crippen molar-refractivity contribution in [3.63, 3.8) is 0 Å². The van der Waals surface area contributed by atoms with Crippen LogP contribution in [-0.2, 0) is 0 Å². The van der Waals surface area contributed by atoms with Crippen molar-refractivity contribution in [2.75, 3.05) is 0 Å². The largest absolute Gasteiger partial charge is 0.353 e. The smallest absolute Gasteiger partial charge is 0.206 e. The molecule has 0 aliphatic heterocycles. The maximum absolute atomic E-state index is 5.41. The molecular formula is C11H24N4. The summed E-state index contributed by atoms with van der Waals surface area (Å²) in [6, 6.07) is 0.955. The van der Waals surface area contributed by atoms with Crippen LogP contribution in [-0.4, -0.2) is 18.0 Å². The number of hydrogen-bond donors (Lipinski definition) is 3. The fourth-order valence-corrected chi connectivity index (χ4v) is 1.51. The Balaban J connectivity index is 2.18. The Kier molecular flexibility index (Phi) is 5.47. The van der Waals surface area contributed by atoms with E-state index in [4.69, 9.17) is 5.84 Å². The molecule has 1 aliphatic rings. The first kappa shape index (κ1) is 12.3. The third kappa shape index (κ3) is 5.62. The van der Waals surface area contributed by atoms with Gasteiger partial charge in [0.25, 0.3) is 0 Å². The molecule has 0 spiro atoms. The van der Waals surface area contributed by atoms with Crippen LogP contribution in [0.25, 0.3) is 0 Å². The Labute approximate surface area is 92.7 Å². The van der Waals surface area contributed by atoms with E-state index in [1.165, 1.54) is 38.5 Å². The quantitative estimate of drug-likeness (QED) is 0.206. The molecule has 0 saturated heterocycles. The van der Waals surface area contributed by atoms with Crippen molar-refractivity contribution in [2.24, 2.45) is 10.8 Å². The fraction of sp³-hybridized carbons (Fsp3) is 0.909. The molecule has 4 N–H and O–H groups in total. The summed E-state index contributed by atoms with van der Waals surface area (Å²) in [4.78, 5) is 4.44. The van der Waals surface area contributed by atoms with Crippen molar-refractivity contribution in [3.05, 3.63) is 0 Å². The van der Waals surface area contributed by atoms with Crippen molar-refractivity contribution in [3.8, 4) is 0 Å². The van der Waals surface area contributed by atoms with Crippen LogP contribution in [0.1, 0.15) is 52.4 Å². The molecule has 0 aromatic heterocycles. The highest BCUT2D eigenvalue weighted by Crippen LogP contribution is 2.23. The lowest BCUT2D eigenvalue weighted by Gasteiger charge is -2.16. The second-order valence-corrected chi connectivity index (χ2v) is 4.39. The third-order valence-electron chi connectivity index (χ3n) is 2.62. The zero-order valence-electron chi connectivity index (χ0n) is 9.92. The van der Waals surface area contributed by atoms with Gasteiger partial charge in [0, 0.05) is 6.04 Å². The molecule has 88 valence electrons. The third-order valence-corrected chi connectivity index (χ3v) is 2.62. The normalized spacial score (nSPS) is 18.7. The topological polar surface area (TPSA) is 62.4 Å². The Morgan fingerprint density at radius 3 is 2.73 bits per heavy atom. The van der Waals surface area contributed by atoms with Gasteiger partial charge in [0.2, 0.25) is 5.96 Å². The highest BCUT2D eigenvalue weighted by Gasteiger charge is 2.21. The van der Waals surface area contributed by atoms with Gasteiger partial charge in [-0.3, -0.25) is 5.43 Å². The summed E-state index contributed by atoms with van der Waals surface area (Å²) in [5.41, 5.74) is 2.63. The van der Waals surface area contributed by atoms with Crippen molar-refractivity contribution >= 4 is 5.96 Å². The molecule has 0 bridgehead atoms. The van der Waals surface area contributed by atoms with Gasteiger partial charge in [0.05, 0.1) is 6.04 Å². The molecule has 1 aliphatic carbocycles. The second-order valence-electron chi connectivity index (χ2n) is 4.39. The second kappa shape index (κ2) is 6.67. The first-order chi connectivity index (χ1) is 7.26. The zero-order valence-corrected chi connectivity index (χ0v) is 9.92. The average molecular weight is 212 g/mol. The minimum atomic E-state index is 0.449. The average Bonchev–Trinajstić information content (AvgIpc) is 3.01. The molecule has 4 heteroatoms. The van der Waals surface area contributed by atoms with E-state index in [2.05, 4.69) is 29.6 Å². The predicted octanol–water partition coefficient (Wildman–Crippen LogP) is 1.53. The number of guanidine groups is 1. The van der Waals surface area contributed by atoms with E-state index in [9.17, 15) is 0 Å². The van der Waals surface area contributed by atoms with Gasteiger partial charge in [-0.05, 0) is 26.2 Å². The van der Waals surface area contributed by atoms with Crippen molar-refractivity contribution in [1.82, 2.24) is 10.7 Å². The van der Waals surface area contributed by atoms with Crippen molar-refractivity contribution in [1.29, 1.82) is 0 Å². The van der Waals surface area contributed by atoms with Crippen molar-refractivity contribution < 1.29 is 0 Å². The predicted molar refractivity (Wildman–Crippen MR) is 64.5 cm³/mol. The Hall–Kier alpha value is -0.770. The van der Waals surface area contributed by atoms with Crippen LogP contribution in [0.4, 0.5) is 0 Å². The Morgan fingerprint density at radius 2 is 2.20 bits per heavy atom. The molecule has 15 heavy (non-hydrogen) atoms. The molecule has 0 amide bonds. The molecule has 4 nitrogen and oxygen atoms in total. The van der Waals surface area contributed by atoms with Gasteiger partial charge in [-0.15, -0.1) is 0 Å². The minimum absolute atomic E-state index is 0.449. The molecule has 1 saturated carbocycles. The summed E-state index contributed by atoms with van der Waals surface area (Å²) in [5, 5.41) is 3.31. The fourth-order valence-electron chi connectivity index (χ4n) is 1.51. The lowest BCUT2D eigenvalue weighted by Crippen LogP contribution is -2.45. The molecule has 0 radical (unpaired) electrons. The summed E-state index contributed by atoms with van der Waals surface area (Å²) >= 11 is 0. The van der Waals surface area contributed by atoms with E-state index in [0.29, 0.717) is 12.1 Å². The number of aliphatic imine (C=N–C) groups is 1. The lowest BCUT2D eigenvalue weighted by molar-refractivity contribution is 0.547. The van der Waals surface area contributed by atoms with Gasteiger partial charge in [-0.2, -0.15) is 0 Å². The molecule has 1 atom stereocenters. The van der Waals surface area contributed by atoms with Crippen LogP contribution >= 0.6 is 0 Å². The molecule has 0 aromatic rings. The van der Waals surface area contributed by atoms with Crippen LogP contribution in [0.3, 0.4) is 0 Å². The van der Waals surface area contributed by atoms with Crippen LogP contribution in [0.15, 0.2) is 4.99 Å². The molecular weight excluding hydrogens is 188 g/mol. The van der Waals surface area contributed by atoms with Gasteiger partial charge < -0.3 is 5.32 Å². The van der Waals surface area contributed by atoms with Gasteiger partial charge in [-0.1, -0.05) is 26.2 Å². The van der Waals surface area contributed by atoms with Crippen molar-refractivity contribution in [2.45, 2.75) is 64.5 Å². The Bertz CT molecular complexity index is 199. The molecule has 1 unspecified atom stereocenters. The van der Waals surface area contributed by atoms with E-state index in [-0.39, 0.29) is 0 Å². The maximum Gasteiger partial charge on any atom is 0.206 e. The number of nitrogens with two attached hydrogens (primary N) is 1. The van der Waals surface area contributed by atoms with Gasteiger partial charge in [0.15, 0.2) is 0 Å². The van der Waals surface area contributed by atoms with Crippen LogP contribution in [0.5, 0.6) is 0 Å². The molecule has 1 rings (SSSR count). The summed E-state index contributed by atoms with van der Waals surface area (Å²) in [6.07, 6.45) is 7.43. The number of nitrogens with zero attached hydrogens (tertiary/aromatic N) is 1. The monoisotopic (exact) mass is 212 g/mol. The number of hydrazine groups is 1. The Morgan fingerprint density at radius 1 is 1.47 bits per heavy atom. The standard InChI is InChI=1S/C11H24N4/c1-3-4-5-6-9(2)13-11(15-12)14-10-7-8-10/h9-10H,3-8,12H2,1-2H3,(H2,13,14,15). The minimum Gasteiger partial charge on any atom is -0.353 e. The molecule has 0 heterocycles.